The van der Waals surface area contributed by atoms with Gasteiger partial charge in [-0.25, -0.2) is 0 Å². The van der Waals surface area contributed by atoms with Crippen molar-refractivity contribution < 1.29 is 9.84 Å². The van der Waals surface area contributed by atoms with Gasteiger partial charge >= 0.3 is 0 Å². The number of aliphatic hydroxyl groups excluding tert-OH is 1. The van der Waals surface area contributed by atoms with E-state index in [1.807, 2.05) is 6.07 Å². The normalized spacial score (nSPS) is 20.3. The molecule has 0 amide bonds. The van der Waals surface area contributed by atoms with Crippen LogP contribution in [0.3, 0.4) is 0 Å². The number of benzene rings is 1. The van der Waals surface area contributed by atoms with E-state index < -0.39 is 0 Å². The average molecular weight is 285 g/mol. The highest BCUT2D eigenvalue weighted by Crippen LogP contribution is 2.30. The van der Waals surface area contributed by atoms with Crippen LogP contribution in [0.25, 0.3) is 0 Å². The van der Waals surface area contributed by atoms with E-state index in [-0.39, 0.29) is 25.1 Å². The minimum absolute atomic E-state index is 0. The Bertz CT molecular complexity index is 422. The van der Waals surface area contributed by atoms with Crippen LogP contribution in [0.4, 0.5) is 0 Å². The van der Waals surface area contributed by atoms with E-state index in [0.29, 0.717) is 0 Å². The Kier molecular flexibility index (Phi) is 5.05. The number of ether oxygens (including phenoxy) is 1. The van der Waals surface area contributed by atoms with Gasteiger partial charge in [0.25, 0.3) is 0 Å². The topological polar surface area (TPSA) is 44.7 Å². The maximum Gasteiger partial charge on any atom is 0.122 e. The predicted octanol–water partition coefficient (Wildman–Crippen LogP) is 0.982. The molecule has 19 heavy (non-hydrogen) atoms. The molecule has 4 nitrogen and oxygen atoms in total. The summed E-state index contributed by atoms with van der Waals surface area (Å²) in [4.78, 5) is 2.36. The molecule has 0 saturated carbocycles. The summed E-state index contributed by atoms with van der Waals surface area (Å²) in [6.07, 6.45) is 0.989. The molecule has 106 valence electrons. The van der Waals surface area contributed by atoms with Crippen LogP contribution in [0, 0.1) is 0 Å². The fraction of sp³-hybridized carbons (Fsp3) is 0.571. The van der Waals surface area contributed by atoms with Crippen molar-refractivity contribution in [1.29, 1.82) is 0 Å². The van der Waals surface area contributed by atoms with E-state index in [9.17, 15) is 5.11 Å². The Morgan fingerprint density at radius 3 is 2.84 bits per heavy atom. The van der Waals surface area contributed by atoms with Crippen LogP contribution < -0.4 is 10.1 Å². The van der Waals surface area contributed by atoms with Gasteiger partial charge in [0, 0.05) is 32.6 Å². The molecule has 1 saturated heterocycles. The fourth-order valence-corrected chi connectivity index (χ4v) is 2.84. The minimum atomic E-state index is 0. The lowest BCUT2D eigenvalue weighted by atomic mass is 10.0. The van der Waals surface area contributed by atoms with Crippen LogP contribution in [0.15, 0.2) is 18.2 Å². The van der Waals surface area contributed by atoms with Crippen molar-refractivity contribution in [3.05, 3.63) is 29.3 Å². The number of fused-ring (bicyclic) bond motifs is 1. The Morgan fingerprint density at radius 1 is 1.32 bits per heavy atom. The number of piperazine rings is 1. The van der Waals surface area contributed by atoms with E-state index in [1.165, 1.54) is 11.1 Å². The molecule has 1 atom stereocenters. The van der Waals surface area contributed by atoms with Gasteiger partial charge in [-0.05, 0) is 17.2 Å². The van der Waals surface area contributed by atoms with Crippen molar-refractivity contribution in [2.45, 2.75) is 12.5 Å². The highest BCUT2D eigenvalue weighted by Gasteiger charge is 2.23. The van der Waals surface area contributed by atoms with E-state index in [1.54, 1.807) is 0 Å². The molecular weight excluding hydrogens is 264 g/mol. The summed E-state index contributed by atoms with van der Waals surface area (Å²) in [6.45, 7) is 4.97. The van der Waals surface area contributed by atoms with Crippen molar-refractivity contribution in [1.82, 2.24) is 10.2 Å². The first-order valence-electron chi connectivity index (χ1n) is 6.70. The molecule has 0 radical (unpaired) electrons. The van der Waals surface area contributed by atoms with E-state index >= 15 is 0 Å². The number of halogens is 1. The van der Waals surface area contributed by atoms with Crippen molar-refractivity contribution in [3.8, 4) is 5.75 Å². The Hall–Kier alpha value is -0.810. The standard InChI is InChI=1S/C14H20N2O2.ClH/c17-10-13(16-6-4-15-5-7-16)11-1-2-14-12(9-11)3-8-18-14;/h1-2,9,13,15,17H,3-8,10H2;1H/t13-;/m0./s1. The van der Waals surface area contributed by atoms with Crippen LogP contribution in [-0.4, -0.2) is 49.4 Å². The number of nitrogens with zero attached hydrogens (tertiary/aromatic N) is 1. The van der Waals surface area contributed by atoms with Crippen molar-refractivity contribution in [3.63, 3.8) is 0 Å². The lowest BCUT2D eigenvalue weighted by molar-refractivity contribution is 0.111. The second kappa shape index (κ2) is 6.57. The second-order valence-electron chi connectivity index (χ2n) is 4.95. The summed E-state index contributed by atoms with van der Waals surface area (Å²) in [6, 6.07) is 6.46. The number of aliphatic hydroxyl groups is 1. The summed E-state index contributed by atoms with van der Waals surface area (Å²) < 4.78 is 5.53. The van der Waals surface area contributed by atoms with Gasteiger partial charge in [-0.1, -0.05) is 12.1 Å². The molecule has 2 heterocycles. The summed E-state index contributed by atoms with van der Waals surface area (Å²) >= 11 is 0. The smallest absolute Gasteiger partial charge is 0.122 e. The third-order valence-electron chi connectivity index (χ3n) is 3.86. The molecule has 2 aliphatic heterocycles. The zero-order valence-corrected chi connectivity index (χ0v) is 11.8. The van der Waals surface area contributed by atoms with Gasteiger partial charge in [-0.3, -0.25) is 4.90 Å². The zero-order valence-electron chi connectivity index (χ0n) is 11.0. The van der Waals surface area contributed by atoms with E-state index in [0.717, 1.165) is 45.0 Å². The molecular formula is C14H21ClN2O2. The third kappa shape index (κ3) is 3.03. The van der Waals surface area contributed by atoms with Crippen LogP contribution in [0.5, 0.6) is 5.75 Å². The molecule has 2 N–H and O–H groups in total. The van der Waals surface area contributed by atoms with Crippen LogP contribution in [-0.2, 0) is 6.42 Å². The van der Waals surface area contributed by atoms with Crippen molar-refractivity contribution in [2.24, 2.45) is 0 Å². The minimum Gasteiger partial charge on any atom is -0.493 e. The lowest BCUT2D eigenvalue weighted by Gasteiger charge is -2.34. The van der Waals surface area contributed by atoms with Crippen LogP contribution in [0.2, 0.25) is 0 Å². The fourth-order valence-electron chi connectivity index (χ4n) is 2.84. The number of nitrogens with one attached hydrogen (secondary N) is 1. The van der Waals surface area contributed by atoms with Gasteiger partial charge in [-0.2, -0.15) is 0 Å². The molecule has 2 aliphatic rings. The van der Waals surface area contributed by atoms with Crippen molar-refractivity contribution >= 4 is 12.4 Å². The number of hydrogen-bond donors (Lipinski definition) is 2. The average Bonchev–Trinajstić information content (AvgIpc) is 2.88. The molecule has 3 rings (SSSR count). The Balaban J connectivity index is 0.00000133. The van der Waals surface area contributed by atoms with Crippen molar-refractivity contribution in [2.75, 3.05) is 39.4 Å². The third-order valence-corrected chi connectivity index (χ3v) is 3.86. The molecule has 1 aromatic rings. The number of rotatable bonds is 3. The summed E-state index contributed by atoms with van der Waals surface area (Å²) in [5.41, 5.74) is 2.49. The Labute approximate surface area is 120 Å². The first-order valence-corrected chi connectivity index (χ1v) is 6.70. The maximum atomic E-state index is 9.69. The molecule has 5 heteroatoms. The quantitative estimate of drug-likeness (QED) is 0.869. The molecule has 0 unspecified atom stereocenters. The highest BCUT2D eigenvalue weighted by molar-refractivity contribution is 5.85. The van der Waals surface area contributed by atoms with Gasteiger partial charge in [-0.15, -0.1) is 12.4 Å². The summed E-state index contributed by atoms with van der Waals surface area (Å²) in [5, 5.41) is 13.0. The van der Waals surface area contributed by atoms with Gasteiger partial charge in [0.15, 0.2) is 0 Å². The largest absolute Gasteiger partial charge is 0.493 e. The second-order valence-corrected chi connectivity index (χ2v) is 4.95. The monoisotopic (exact) mass is 284 g/mol. The summed E-state index contributed by atoms with van der Waals surface area (Å²) in [7, 11) is 0. The number of hydrogen-bond acceptors (Lipinski definition) is 4. The van der Waals surface area contributed by atoms with Gasteiger partial charge in [0.05, 0.1) is 19.3 Å². The summed E-state index contributed by atoms with van der Waals surface area (Å²) in [5.74, 6) is 1.01. The predicted molar refractivity (Wildman–Crippen MR) is 77.2 cm³/mol. The molecule has 0 aliphatic carbocycles. The van der Waals surface area contributed by atoms with Crippen LogP contribution in [0.1, 0.15) is 17.2 Å². The van der Waals surface area contributed by atoms with Crippen LogP contribution >= 0.6 is 12.4 Å². The maximum absolute atomic E-state index is 9.69. The molecule has 0 bridgehead atoms. The van der Waals surface area contributed by atoms with E-state index in [2.05, 4.69) is 22.3 Å². The molecule has 1 fully saturated rings. The zero-order chi connectivity index (χ0) is 12.4. The Morgan fingerprint density at radius 2 is 2.11 bits per heavy atom. The SMILES string of the molecule is Cl.OC[C@@H](c1ccc2c(c1)CCO2)N1CCNCC1. The first-order chi connectivity index (χ1) is 8.88. The first kappa shape index (κ1) is 14.6. The van der Waals surface area contributed by atoms with Gasteiger partial charge < -0.3 is 15.2 Å². The van der Waals surface area contributed by atoms with Gasteiger partial charge in [0.2, 0.25) is 0 Å². The molecule has 0 aromatic heterocycles. The van der Waals surface area contributed by atoms with Gasteiger partial charge in [0.1, 0.15) is 5.75 Å². The van der Waals surface area contributed by atoms with E-state index in [4.69, 9.17) is 4.74 Å². The lowest BCUT2D eigenvalue weighted by Crippen LogP contribution is -2.46. The molecule has 1 aromatic carbocycles. The molecule has 0 spiro atoms. The highest BCUT2D eigenvalue weighted by atomic mass is 35.5.